The van der Waals surface area contributed by atoms with E-state index in [1.54, 1.807) is 0 Å². The molecule has 0 unspecified atom stereocenters. The number of aromatic amines is 1. The lowest BCUT2D eigenvalue weighted by molar-refractivity contribution is 0.303. The molecule has 27 heavy (non-hydrogen) atoms. The summed E-state index contributed by atoms with van der Waals surface area (Å²) in [5, 5.41) is 15.8. The van der Waals surface area contributed by atoms with Crippen molar-refractivity contribution >= 4 is 38.4 Å². The number of anilines is 1. The maximum atomic E-state index is 4.88. The van der Waals surface area contributed by atoms with E-state index in [1.807, 2.05) is 12.3 Å². The van der Waals surface area contributed by atoms with Crippen LogP contribution in [0, 0.1) is 6.92 Å². The van der Waals surface area contributed by atoms with E-state index in [1.165, 1.54) is 21.7 Å². The number of nitrogens with zero attached hydrogens (tertiary/aromatic N) is 3. The Morgan fingerprint density at radius 2 is 1.93 bits per heavy atom. The standard InChI is InChI=1S/C22H27N5/c1-4-27(5-2)12-8-11-23-22-20-15(3)21-18(13-16(20)14-24-26-22)17-9-6-7-10-19(17)25-21/h6-7,9-10,13-14,23,26H,4-5,8,11-12H2,1-3H3. The van der Waals surface area contributed by atoms with E-state index in [4.69, 9.17) is 4.98 Å². The topological polar surface area (TPSA) is 56.8 Å². The summed E-state index contributed by atoms with van der Waals surface area (Å²) in [5.41, 5.74) is 3.33. The van der Waals surface area contributed by atoms with Crippen molar-refractivity contribution in [3.8, 4) is 0 Å². The Labute approximate surface area is 159 Å². The van der Waals surface area contributed by atoms with E-state index in [-0.39, 0.29) is 0 Å². The zero-order valence-corrected chi connectivity index (χ0v) is 16.3. The number of hydrogen-bond donors (Lipinski definition) is 2. The zero-order chi connectivity index (χ0) is 18.8. The van der Waals surface area contributed by atoms with Gasteiger partial charge in [-0.3, -0.25) is 5.10 Å². The molecular weight excluding hydrogens is 334 g/mol. The maximum absolute atomic E-state index is 4.88. The summed E-state index contributed by atoms with van der Waals surface area (Å²) in [6, 6.07) is 10.6. The molecule has 4 rings (SSSR count). The molecule has 0 amide bonds. The largest absolute Gasteiger partial charge is 0.370 e. The number of aromatic nitrogens is 3. The van der Waals surface area contributed by atoms with E-state index >= 15 is 0 Å². The molecule has 0 bridgehead atoms. The van der Waals surface area contributed by atoms with E-state index in [0.29, 0.717) is 0 Å². The van der Waals surface area contributed by atoms with E-state index in [2.05, 4.69) is 65.5 Å². The molecule has 2 heterocycles. The predicted octanol–water partition coefficient (Wildman–Crippen LogP) is 4.72. The third-order valence-electron chi connectivity index (χ3n) is 5.48. The zero-order valence-electron chi connectivity index (χ0n) is 16.3. The fourth-order valence-electron chi connectivity index (χ4n) is 3.94. The third-order valence-corrected chi connectivity index (χ3v) is 5.48. The first-order valence-electron chi connectivity index (χ1n) is 9.84. The van der Waals surface area contributed by atoms with Gasteiger partial charge in [-0.2, -0.15) is 5.10 Å². The lowest BCUT2D eigenvalue weighted by Gasteiger charge is -2.18. The highest BCUT2D eigenvalue weighted by Gasteiger charge is 2.13. The molecule has 0 atom stereocenters. The average molecular weight is 361 g/mol. The Bertz CT molecular complexity index is 1080. The Morgan fingerprint density at radius 3 is 2.74 bits per heavy atom. The molecule has 0 saturated carbocycles. The van der Waals surface area contributed by atoms with Gasteiger partial charge in [0, 0.05) is 28.1 Å². The number of aryl methyl sites for hydroxylation is 1. The van der Waals surface area contributed by atoms with Crippen LogP contribution in [0.25, 0.3) is 32.6 Å². The van der Waals surface area contributed by atoms with E-state index < -0.39 is 0 Å². The van der Waals surface area contributed by atoms with Crippen LogP contribution in [-0.2, 0) is 0 Å². The molecule has 4 aromatic rings. The molecule has 0 aliphatic heterocycles. The van der Waals surface area contributed by atoms with Crippen molar-refractivity contribution in [3.63, 3.8) is 0 Å². The number of fused-ring (bicyclic) bond motifs is 4. The van der Waals surface area contributed by atoms with Crippen LogP contribution in [0.5, 0.6) is 0 Å². The van der Waals surface area contributed by atoms with E-state index in [9.17, 15) is 0 Å². The molecule has 5 heteroatoms. The minimum absolute atomic E-state index is 0.918. The van der Waals surface area contributed by atoms with Crippen LogP contribution in [0.4, 0.5) is 5.82 Å². The molecular formula is C22H27N5. The Balaban J connectivity index is 1.69. The Morgan fingerprint density at radius 1 is 1.11 bits per heavy atom. The normalized spacial score (nSPS) is 11.9. The molecule has 2 aromatic carbocycles. The van der Waals surface area contributed by atoms with Gasteiger partial charge in [0.05, 0.1) is 17.2 Å². The number of H-pyrrole nitrogens is 1. The van der Waals surface area contributed by atoms with Gasteiger partial charge in [0.15, 0.2) is 0 Å². The second kappa shape index (κ2) is 7.53. The second-order valence-electron chi connectivity index (χ2n) is 7.04. The lowest BCUT2D eigenvalue weighted by Crippen LogP contribution is -2.25. The highest BCUT2D eigenvalue weighted by Crippen LogP contribution is 2.34. The lowest BCUT2D eigenvalue weighted by atomic mass is 10.0. The Hall–Kier alpha value is -2.66. The summed E-state index contributed by atoms with van der Waals surface area (Å²) < 4.78 is 0. The molecule has 0 aliphatic carbocycles. The van der Waals surface area contributed by atoms with Crippen LogP contribution in [-0.4, -0.2) is 46.3 Å². The molecule has 0 radical (unpaired) electrons. The van der Waals surface area contributed by atoms with Gasteiger partial charge in [0.25, 0.3) is 0 Å². The fourth-order valence-corrected chi connectivity index (χ4v) is 3.94. The van der Waals surface area contributed by atoms with Crippen molar-refractivity contribution in [2.75, 3.05) is 31.5 Å². The highest BCUT2D eigenvalue weighted by atomic mass is 15.2. The van der Waals surface area contributed by atoms with Crippen LogP contribution < -0.4 is 5.32 Å². The average Bonchev–Trinajstić information content (AvgIpc) is 3.07. The van der Waals surface area contributed by atoms with Gasteiger partial charge >= 0.3 is 0 Å². The molecule has 0 aliphatic rings. The van der Waals surface area contributed by atoms with E-state index in [0.717, 1.165) is 54.8 Å². The van der Waals surface area contributed by atoms with Crippen LogP contribution >= 0.6 is 0 Å². The van der Waals surface area contributed by atoms with Gasteiger partial charge < -0.3 is 10.2 Å². The van der Waals surface area contributed by atoms with Crippen LogP contribution in [0.15, 0.2) is 36.5 Å². The number of rotatable bonds is 7. The highest BCUT2D eigenvalue weighted by molar-refractivity contribution is 6.15. The molecule has 0 saturated heterocycles. The van der Waals surface area contributed by atoms with Crippen molar-refractivity contribution in [2.45, 2.75) is 27.2 Å². The monoisotopic (exact) mass is 361 g/mol. The quantitative estimate of drug-likeness (QED) is 0.468. The second-order valence-corrected chi connectivity index (χ2v) is 7.04. The van der Waals surface area contributed by atoms with Crippen LogP contribution in [0.3, 0.4) is 0 Å². The first-order chi connectivity index (χ1) is 13.2. The molecule has 2 aromatic heterocycles. The molecule has 0 fully saturated rings. The first-order valence-corrected chi connectivity index (χ1v) is 9.84. The summed E-state index contributed by atoms with van der Waals surface area (Å²) in [5.74, 6) is 0.985. The minimum Gasteiger partial charge on any atom is -0.370 e. The van der Waals surface area contributed by atoms with Gasteiger partial charge in [-0.1, -0.05) is 32.0 Å². The molecule has 140 valence electrons. The van der Waals surface area contributed by atoms with Gasteiger partial charge in [0.1, 0.15) is 5.82 Å². The summed E-state index contributed by atoms with van der Waals surface area (Å²) in [4.78, 5) is 7.32. The molecule has 0 spiro atoms. The smallest absolute Gasteiger partial charge is 0.128 e. The molecule has 5 nitrogen and oxygen atoms in total. The van der Waals surface area contributed by atoms with Crippen molar-refractivity contribution in [1.82, 2.24) is 20.1 Å². The van der Waals surface area contributed by atoms with Gasteiger partial charge in [-0.05, 0) is 50.7 Å². The summed E-state index contributed by atoms with van der Waals surface area (Å²) in [6.07, 6.45) is 3.01. The predicted molar refractivity (Wildman–Crippen MR) is 115 cm³/mol. The molecule has 2 N–H and O–H groups in total. The van der Waals surface area contributed by atoms with Crippen molar-refractivity contribution in [1.29, 1.82) is 0 Å². The van der Waals surface area contributed by atoms with Gasteiger partial charge in [0.2, 0.25) is 0 Å². The number of hydrogen-bond acceptors (Lipinski definition) is 4. The van der Waals surface area contributed by atoms with Crippen LogP contribution in [0.2, 0.25) is 0 Å². The van der Waals surface area contributed by atoms with Crippen molar-refractivity contribution in [2.24, 2.45) is 0 Å². The van der Waals surface area contributed by atoms with Gasteiger partial charge in [-0.25, -0.2) is 4.98 Å². The number of benzene rings is 2. The van der Waals surface area contributed by atoms with Crippen molar-refractivity contribution in [3.05, 3.63) is 42.1 Å². The van der Waals surface area contributed by atoms with Crippen molar-refractivity contribution < 1.29 is 0 Å². The minimum atomic E-state index is 0.918. The van der Waals surface area contributed by atoms with Crippen LogP contribution in [0.1, 0.15) is 25.8 Å². The summed E-state index contributed by atoms with van der Waals surface area (Å²) >= 11 is 0. The Kier molecular flexibility index (Phi) is 4.94. The number of para-hydroxylation sites is 1. The van der Waals surface area contributed by atoms with Gasteiger partial charge in [-0.15, -0.1) is 0 Å². The summed E-state index contributed by atoms with van der Waals surface area (Å²) in [6.45, 7) is 10.8. The fraction of sp³-hybridized carbons (Fsp3) is 0.364. The number of nitrogens with one attached hydrogen (secondary N) is 2. The first kappa shape index (κ1) is 17.7. The maximum Gasteiger partial charge on any atom is 0.128 e. The SMILES string of the molecule is CCN(CC)CCCNc1[nH]ncc2cc3c(nc4ccccc43)c(C)c12. The third kappa shape index (κ3) is 3.23. The summed E-state index contributed by atoms with van der Waals surface area (Å²) in [7, 11) is 0.